The fourth-order valence-electron chi connectivity index (χ4n) is 3.42. The van der Waals surface area contributed by atoms with E-state index in [1.807, 2.05) is 12.1 Å². The molecule has 2 aliphatic rings. The van der Waals surface area contributed by atoms with Gasteiger partial charge in [0.25, 0.3) is 0 Å². The first kappa shape index (κ1) is 13.1. The van der Waals surface area contributed by atoms with E-state index in [0.717, 1.165) is 5.92 Å². The average Bonchev–Trinajstić information content (AvgIpc) is 2.94. The molecule has 2 aliphatic heterocycles. The number of nitrogens with one attached hydrogen (secondary N) is 1. The van der Waals surface area contributed by atoms with E-state index < -0.39 is 0 Å². The summed E-state index contributed by atoms with van der Waals surface area (Å²) < 4.78 is 12.9. The fraction of sp³-hybridized carbons (Fsp3) is 0.625. The van der Waals surface area contributed by atoms with Crippen LogP contribution in [0.4, 0.5) is 4.39 Å². The van der Waals surface area contributed by atoms with Crippen LogP contribution in [0.25, 0.3) is 0 Å². The number of piperidine rings is 1. The van der Waals surface area contributed by atoms with E-state index in [0.29, 0.717) is 5.92 Å². The molecule has 2 nitrogen and oxygen atoms in total. The quantitative estimate of drug-likeness (QED) is 0.901. The van der Waals surface area contributed by atoms with Crippen molar-refractivity contribution in [3.05, 3.63) is 35.6 Å². The van der Waals surface area contributed by atoms with E-state index in [-0.39, 0.29) is 5.82 Å². The van der Waals surface area contributed by atoms with Crippen LogP contribution in [0.15, 0.2) is 24.3 Å². The third-order valence-corrected chi connectivity index (χ3v) is 4.61. The standard InChI is InChI=1S/C16H23FN2/c17-16-3-1-14(2-4-16)15-6-9-19(10-7-15)12-13-5-8-18-11-13/h1-4,13,15,18H,5-12H2. The van der Waals surface area contributed by atoms with Gasteiger partial charge in [-0.25, -0.2) is 4.39 Å². The van der Waals surface area contributed by atoms with Crippen LogP contribution >= 0.6 is 0 Å². The Morgan fingerprint density at radius 2 is 1.84 bits per heavy atom. The zero-order valence-corrected chi connectivity index (χ0v) is 11.4. The first-order valence-electron chi connectivity index (χ1n) is 7.50. The third-order valence-electron chi connectivity index (χ3n) is 4.61. The van der Waals surface area contributed by atoms with Gasteiger partial charge in [-0.15, -0.1) is 0 Å². The van der Waals surface area contributed by atoms with Gasteiger partial charge in [0.05, 0.1) is 0 Å². The lowest BCUT2D eigenvalue weighted by atomic mass is 9.89. The summed E-state index contributed by atoms with van der Waals surface area (Å²) in [5.74, 6) is 1.34. The highest BCUT2D eigenvalue weighted by Gasteiger charge is 2.23. The topological polar surface area (TPSA) is 15.3 Å². The maximum atomic E-state index is 12.9. The molecule has 104 valence electrons. The second-order valence-electron chi connectivity index (χ2n) is 5.99. The predicted molar refractivity (Wildman–Crippen MR) is 75.8 cm³/mol. The first-order valence-corrected chi connectivity index (χ1v) is 7.50. The molecule has 0 radical (unpaired) electrons. The molecule has 0 aliphatic carbocycles. The molecule has 2 fully saturated rings. The molecule has 1 aromatic carbocycles. The average molecular weight is 262 g/mol. The van der Waals surface area contributed by atoms with Gasteiger partial charge in [0.1, 0.15) is 5.82 Å². The smallest absolute Gasteiger partial charge is 0.123 e. The summed E-state index contributed by atoms with van der Waals surface area (Å²) in [6.45, 7) is 6.02. The van der Waals surface area contributed by atoms with Gasteiger partial charge < -0.3 is 10.2 Å². The van der Waals surface area contributed by atoms with Crippen LogP contribution in [0.5, 0.6) is 0 Å². The van der Waals surface area contributed by atoms with Crippen LogP contribution < -0.4 is 5.32 Å². The minimum atomic E-state index is -0.130. The van der Waals surface area contributed by atoms with Crippen molar-refractivity contribution in [3.63, 3.8) is 0 Å². The van der Waals surface area contributed by atoms with Crippen LogP contribution in [-0.4, -0.2) is 37.6 Å². The van der Waals surface area contributed by atoms with Crippen molar-refractivity contribution in [2.24, 2.45) is 5.92 Å². The molecule has 0 bridgehead atoms. The van der Waals surface area contributed by atoms with Crippen LogP contribution in [0.3, 0.4) is 0 Å². The monoisotopic (exact) mass is 262 g/mol. The summed E-state index contributed by atoms with van der Waals surface area (Å²) >= 11 is 0. The Hall–Kier alpha value is -0.930. The number of benzene rings is 1. The molecule has 1 N–H and O–H groups in total. The summed E-state index contributed by atoms with van der Waals surface area (Å²) in [6.07, 6.45) is 3.76. The Labute approximate surface area is 115 Å². The summed E-state index contributed by atoms with van der Waals surface area (Å²) in [4.78, 5) is 2.61. The molecule has 0 amide bonds. The van der Waals surface area contributed by atoms with E-state index in [1.165, 1.54) is 57.5 Å². The Kier molecular flexibility index (Phi) is 4.14. The molecule has 3 heteroatoms. The van der Waals surface area contributed by atoms with Gasteiger partial charge in [0.2, 0.25) is 0 Å². The van der Waals surface area contributed by atoms with Gasteiger partial charge in [-0.3, -0.25) is 0 Å². The number of rotatable bonds is 3. The van der Waals surface area contributed by atoms with Crippen LogP contribution in [-0.2, 0) is 0 Å². The van der Waals surface area contributed by atoms with Crippen molar-refractivity contribution >= 4 is 0 Å². The normalized spacial score (nSPS) is 25.8. The molecule has 1 unspecified atom stereocenters. The van der Waals surface area contributed by atoms with E-state index in [9.17, 15) is 4.39 Å². The van der Waals surface area contributed by atoms with Crippen molar-refractivity contribution in [2.75, 3.05) is 32.7 Å². The third kappa shape index (κ3) is 3.34. The highest BCUT2D eigenvalue weighted by atomic mass is 19.1. The predicted octanol–water partition coefficient (Wildman–Crippen LogP) is 2.61. The lowest BCUT2D eigenvalue weighted by molar-refractivity contribution is 0.187. The summed E-state index contributed by atoms with van der Waals surface area (Å²) in [6, 6.07) is 7.09. The number of likely N-dealkylation sites (tertiary alicyclic amines) is 1. The second kappa shape index (κ2) is 6.02. The lowest BCUT2D eigenvalue weighted by Crippen LogP contribution is -2.37. The van der Waals surface area contributed by atoms with Crippen LogP contribution in [0.2, 0.25) is 0 Å². The molecule has 2 heterocycles. The van der Waals surface area contributed by atoms with Gasteiger partial charge in [-0.05, 0) is 75.0 Å². The second-order valence-corrected chi connectivity index (χ2v) is 5.99. The number of hydrogen-bond donors (Lipinski definition) is 1. The number of halogens is 1. The van der Waals surface area contributed by atoms with Crippen molar-refractivity contribution in [2.45, 2.75) is 25.2 Å². The van der Waals surface area contributed by atoms with Gasteiger partial charge in [-0.2, -0.15) is 0 Å². The Morgan fingerprint density at radius 1 is 1.11 bits per heavy atom. The molecule has 1 atom stereocenters. The first-order chi connectivity index (χ1) is 9.31. The van der Waals surface area contributed by atoms with Gasteiger partial charge in [-0.1, -0.05) is 12.1 Å². The SMILES string of the molecule is Fc1ccc(C2CCN(CC3CCNC3)CC2)cc1. The highest BCUT2D eigenvalue weighted by molar-refractivity contribution is 5.21. The molecular weight excluding hydrogens is 239 g/mol. The zero-order chi connectivity index (χ0) is 13.1. The van der Waals surface area contributed by atoms with Crippen LogP contribution in [0.1, 0.15) is 30.7 Å². The Bertz CT molecular complexity index is 390. The maximum absolute atomic E-state index is 12.9. The number of nitrogens with zero attached hydrogens (tertiary/aromatic N) is 1. The molecular formula is C16H23FN2. The molecule has 0 spiro atoms. The van der Waals surface area contributed by atoms with E-state index >= 15 is 0 Å². The molecule has 2 saturated heterocycles. The molecule has 0 saturated carbocycles. The molecule has 0 aromatic heterocycles. The van der Waals surface area contributed by atoms with Crippen molar-refractivity contribution < 1.29 is 4.39 Å². The van der Waals surface area contributed by atoms with Gasteiger partial charge >= 0.3 is 0 Å². The maximum Gasteiger partial charge on any atom is 0.123 e. The molecule has 3 rings (SSSR count). The largest absolute Gasteiger partial charge is 0.316 e. The molecule has 19 heavy (non-hydrogen) atoms. The van der Waals surface area contributed by atoms with Gasteiger partial charge in [0, 0.05) is 6.54 Å². The number of hydrogen-bond acceptors (Lipinski definition) is 2. The molecule has 1 aromatic rings. The summed E-state index contributed by atoms with van der Waals surface area (Å²) in [5, 5.41) is 3.44. The van der Waals surface area contributed by atoms with Crippen molar-refractivity contribution in [1.82, 2.24) is 10.2 Å². The van der Waals surface area contributed by atoms with E-state index in [4.69, 9.17) is 0 Å². The Morgan fingerprint density at radius 3 is 2.47 bits per heavy atom. The summed E-state index contributed by atoms with van der Waals surface area (Å²) in [5.41, 5.74) is 1.31. The fourth-order valence-corrected chi connectivity index (χ4v) is 3.42. The van der Waals surface area contributed by atoms with Crippen molar-refractivity contribution in [1.29, 1.82) is 0 Å². The minimum absolute atomic E-state index is 0.130. The van der Waals surface area contributed by atoms with Crippen LogP contribution in [0, 0.1) is 11.7 Å². The Balaban J connectivity index is 1.50. The minimum Gasteiger partial charge on any atom is -0.316 e. The highest BCUT2D eigenvalue weighted by Crippen LogP contribution is 2.28. The van der Waals surface area contributed by atoms with Crippen molar-refractivity contribution in [3.8, 4) is 0 Å². The van der Waals surface area contributed by atoms with E-state index in [1.54, 1.807) is 12.1 Å². The zero-order valence-electron chi connectivity index (χ0n) is 11.4. The summed E-state index contributed by atoms with van der Waals surface area (Å²) in [7, 11) is 0. The van der Waals surface area contributed by atoms with E-state index in [2.05, 4.69) is 10.2 Å². The van der Waals surface area contributed by atoms with Gasteiger partial charge in [0.15, 0.2) is 0 Å². The lowest BCUT2D eigenvalue weighted by Gasteiger charge is -2.33.